The van der Waals surface area contributed by atoms with Crippen LogP contribution < -0.4 is 10.1 Å². The molecule has 1 aromatic rings. The van der Waals surface area contributed by atoms with Gasteiger partial charge in [-0.05, 0) is 44.0 Å². The molecule has 0 aliphatic heterocycles. The van der Waals surface area contributed by atoms with Crippen molar-refractivity contribution in [1.29, 1.82) is 0 Å². The lowest BCUT2D eigenvalue weighted by Crippen LogP contribution is -2.37. The number of nitrogens with one attached hydrogen (secondary N) is 1. The Morgan fingerprint density at radius 1 is 1.38 bits per heavy atom. The lowest BCUT2D eigenvalue weighted by Gasteiger charge is -2.15. The number of ether oxygens (including phenoxy) is 1. The van der Waals surface area contributed by atoms with Crippen molar-refractivity contribution < 1.29 is 13.9 Å². The molecular weight excluding hydrogens is 289 g/mol. The van der Waals surface area contributed by atoms with E-state index < -0.39 is 6.10 Å². The van der Waals surface area contributed by atoms with Crippen LogP contribution in [0, 0.1) is 5.82 Å². The van der Waals surface area contributed by atoms with E-state index in [9.17, 15) is 9.18 Å². The second-order valence-corrected chi connectivity index (χ2v) is 6.69. The number of carbonyl (C=O) groups is 1. The monoisotopic (exact) mass is 311 g/mol. The van der Waals surface area contributed by atoms with Crippen molar-refractivity contribution in [3.63, 3.8) is 0 Å². The highest BCUT2D eigenvalue weighted by Crippen LogP contribution is 2.28. The first-order chi connectivity index (χ1) is 10.1. The van der Waals surface area contributed by atoms with Crippen LogP contribution in [0.5, 0.6) is 5.75 Å². The van der Waals surface area contributed by atoms with Crippen molar-refractivity contribution in [1.82, 2.24) is 5.32 Å². The smallest absolute Gasteiger partial charge is 0.260 e. The largest absolute Gasteiger partial charge is 0.481 e. The van der Waals surface area contributed by atoms with Crippen molar-refractivity contribution in [2.24, 2.45) is 0 Å². The molecule has 1 aliphatic rings. The van der Waals surface area contributed by atoms with Crippen LogP contribution in [-0.2, 0) is 4.79 Å². The number of thioether (sulfide) groups is 1. The topological polar surface area (TPSA) is 38.3 Å². The Morgan fingerprint density at radius 2 is 2.05 bits per heavy atom. The van der Waals surface area contributed by atoms with Gasteiger partial charge in [0.25, 0.3) is 5.91 Å². The molecule has 1 atom stereocenters. The normalized spacial score (nSPS) is 16.7. The highest BCUT2D eigenvalue weighted by Gasteiger charge is 2.16. The number of carbonyl (C=O) groups excluding carboxylic acids is 1. The van der Waals surface area contributed by atoms with Crippen molar-refractivity contribution in [2.45, 2.75) is 44.0 Å². The molecule has 1 fully saturated rings. The predicted molar refractivity (Wildman–Crippen MR) is 84.2 cm³/mol. The summed E-state index contributed by atoms with van der Waals surface area (Å²) in [6.45, 7) is 2.36. The summed E-state index contributed by atoms with van der Waals surface area (Å²) in [6, 6.07) is 5.68. The molecule has 5 heteroatoms. The molecule has 116 valence electrons. The van der Waals surface area contributed by atoms with E-state index in [1.165, 1.54) is 49.9 Å². The van der Waals surface area contributed by atoms with Crippen LogP contribution in [0.15, 0.2) is 24.3 Å². The molecule has 3 nitrogen and oxygen atoms in total. The number of benzene rings is 1. The SMILES string of the molecule is C[C@H](Oc1ccc(F)cc1)C(=O)NCCSC1CCCC1. The second kappa shape index (κ2) is 8.27. The van der Waals surface area contributed by atoms with E-state index in [2.05, 4.69) is 5.32 Å². The van der Waals surface area contributed by atoms with Gasteiger partial charge < -0.3 is 10.1 Å². The molecule has 0 spiro atoms. The van der Waals surface area contributed by atoms with Crippen molar-refractivity contribution in [3.8, 4) is 5.75 Å². The summed E-state index contributed by atoms with van der Waals surface area (Å²) >= 11 is 1.95. The third kappa shape index (κ3) is 5.58. The number of hydrogen-bond donors (Lipinski definition) is 1. The zero-order chi connectivity index (χ0) is 15.1. The first-order valence-electron chi connectivity index (χ1n) is 7.46. The first-order valence-corrected chi connectivity index (χ1v) is 8.51. The number of hydrogen-bond acceptors (Lipinski definition) is 3. The molecule has 0 radical (unpaired) electrons. The van der Waals surface area contributed by atoms with Gasteiger partial charge in [-0.1, -0.05) is 12.8 Å². The Kier molecular flexibility index (Phi) is 6.36. The zero-order valence-electron chi connectivity index (χ0n) is 12.3. The maximum atomic E-state index is 12.8. The van der Waals surface area contributed by atoms with Crippen LogP contribution in [0.3, 0.4) is 0 Å². The molecule has 0 bridgehead atoms. The molecule has 1 aliphatic carbocycles. The minimum Gasteiger partial charge on any atom is -0.481 e. The van der Waals surface area contributed by atoms with Crippen molar-refractivity contribution in [3.05, 3.63) is 30.1 Å². The van der Waals surface area contributed by atoms with Gasteiger partial charge in [-0.15, -0.1) is 0 Å². The Bertz CT molecular complexity index is 446. The summed E-state index contributed by atoms with van der Waals surface area (Å²) in [5, 5.41) is 3.65. The quantitative estimate of drug-likeness (QED) is 0.785. The summed E-state index contributed by atoms with van der Waals surface area (Å²) < 4.78 is 18.3. The average Bonchev–Trinajstić information content (AvgIpc) is 2.99. The maximum absolute atomic E-state index is 12.8. The molecule has 1 N–H and O–H groups in total. The fourth-order valence-electron chi connectivity index (χ4n) is 2.37. The fraction of sp³-hybridized carbons (Fsp3) is 0.562. The van der Waals surface area contributed by atoms with Crippen molar-refractivity contribution in [2.75, 3.05) is 12.3 Å². The minimum atomic E-state index is -0.577. The summed E-state index contributed by atoms with van der Waals surface area (Å²) in [7, 11) is 0. The lowest BCUT2D eigenvalue weighted by molar-refractivity contribution is -0.127. The molecule has 0 heterocycles. The van der Waals surface area contributed by atoms with E-state index >= 15 is 0 Å². The minimum absolute atomic E-state index is 0.133. The van der Waals surface area contributed by atoms with Crippen LogP contribution in [0.25, 0.3) is 0 Å². The van der Waals surface area contributed by atoms with Gasteiger partial charge in [0, 0.05) is 17.5 Å². The van der Waals surface area contributed by atoms with E-state index in [0.717, 1.165) is 11.0 Å². The van der Waals surface area contributed by atoms with Crippen LogP contribution >= 0.6 is 11.8 Å². The summed E-state index contributed by atoms with van der Waals surface area (Å²) in [4.78, 5) is 11.9. The predicted octanol–water partition coefficient (Wildman–Crippen LogP) is 3.39. The lowest BCUT2D eigenvalue weighted by atomic mass is 10.3. The van der Waals surface area contributed by atoms with E-state index in [1.807, 2.05) is 11.8 Å². The third-order valence-electron chi connectivity index (χ3n) is 3.55. The van der Waals surface area contributed by atoms with Gasteiger partial charge in [-0.2, -0.15) is 11.8 Å². The number of halogens is 1. The molecule has 0 unspecified atom stereocenters. The van der Waals surface area contributed by atoms with Crippen molar-refractivity contribution >= 4 is 17.7 Å². The van der Waals surface area contributed by atoms with E-state index in [4.69, 9.17) is 4.74 Å². The molecule has 0 aromatic heterocycles. The van der Waals surface area contributed by atoms with Crippen LogP contribution in [0.1, 0.15) is 32.6 Å². The van der Waals surface area contributed by atoms with Gasteiger partial charge in [-0.3, -0.25) is 4.79 Å². The number of amides is 1. The highest BCUT2D eigenvalue weighted by molar-refractivity contribution is 7.99. The third-order valence-corrected chi connectivity index (χ3v) is 4.94. The van der Waals surface area contributed by atoms with Gasteiger partial charge in [-0.25, -0.2) is 4.39 Å². The summed E-state index contributed by atoms with van der Waals surface area (Å²) in [5.74, 6) is 0.994. The van der Waals surface area contributed by atoms with E-state index in [-0.39, 0.29) is 11.7 Å². The van der Waals surface area contributed by atoms with E-state index in [1.54, 1.807) is 6.92 Å². The highest BCUT2D eigenvalue weighted by atomic mass is 32.2. The summed E-state index contributed by atoms with van der Waals surface area (Å²) in [5.41, 5.74) is 0. The summed E-state index contributed by atoms with van der Waals surface area (Å²) in [6.07, 6.45) is 4.72. The molecule has 1 amide bonds. The maximum Gasteiger partial charge on any atom is 0.260 e. The Balaban J connectivity index is 1.63. The average molecular weight is 311 g/mol. The molecule has 1 aromatic carbocycles. The standard InChI is InChI=1S/C16H22FNO2S/c1-12(20-14-8-6-13(17)7-9-14)16(19)18-10-11-21-15-4-2-3-5-15/h6-9,12,15H,2-5,10-11H2,1H3,(H,18,19)/t12-/m0/s1. The van der Waals surface area contributed by atoms with Gasteiger partial charge in [0.1, 0.15) is 11.6 Å². The van der Waals surface area contributed by atoms with Gasteiger partial charge in [0.05, 0.1) is 0 Å². The van der Waals surface area contributed by atoms with Crippen LogP contribution in [-0.4, -0.2) is 29.6 Å². The first kappa shape index (κ1) is 16.1. The molecule has 0 saturated heterocycles. The molecule has 21 heavy (non-hydrogen) atoms. The second-order valence-electron chi connectivity index (χ2n) is 5.28. The van der Waals surface area contributed by atoms with Crippen LogP contribution in [0.2, 0.25) is 0 Å². The van der Waals surface area contributed by atoms with Gasteiger partial charge in [0.2, 0.25) is 0 Å². The van der Waals surface area contributed by atoms with E-state index in [0.29, 0.717) is 12.3 Å². The Morgan fingerprint density at radius 3 is 2.71 bits per heavy atom. The van der Waals surface area contributed by atoms with Gasteiger partial charge in [0.15, 0.2) is 6.10 Å². The fourth-order valence-corrected chi connectivity index (χ4v) is 3.59. The Labute approximate surface area is 129 Å². The Hall–Kier alpha value is -1.23. The molecule has 1 saturated carbocycles. The number of rotatable bonds is 7. The zero-order valence-corrected chi connectivity index (χ0v) is 13.1. The molecule has 2 rings (SSSR count). The van der Waals surface area contributed by atoms with Gasteiger partial charge >= 0.3 is 0 Å². The molecular formula is C16H22FNO2S. The van der Waals surface area contributed by atoms with Crippen LogP contribution in [0.4, 0.5) is 4.39 Å².